The van der Waals surface area contributed by atoms with E-state index in [1.54, 1.807) is 0 Å². The van der Waals surface area contributed by atoms with Gasteiger partial charge in [-0.2, -0.15) is 0 Å². The van der Waals surface area contributed by atoms with Crippen LogP contribution in [0.15, 0.2) is 0 Å². The van der Waals surface area contributed by atoms with Crippen molar-refractivity contribution < 1.29 is 9.53 Å². The summed E-state index contributed by atoms with van der Waals surface area (Å²) >= 11 is 0. The molecule has 0 rings (SSSR count). The highest BCUT2D eigenvalue weighted by atomic mass is 16.5. The van der Waals surface area contributed by atoms with Gasteiger partial charge in [-0.1, -0.05) is 13.8 Å². The Hall–Kier alpha value is -0.570. The van der Waals surface area contributed by atoms with E-state index in [1.165, 1.54) is 7.11 Å². The van der Waals surface area contributed by atoms with Crippen LogP contribution in [0.25, 0.3) is 0 Å². The molecule has 0 heterocycles. The summed E-state index contributed by atoms with van der Waals surface area (Å²) in [5, 5.41) is 3.06. The van der Waals surface area contributed by atoms with Crippen LogP contribution in [0.2, 0.25) is 0 Å². The molecule has 60 valence electrons. The molecule has 0 fully saturated rings. The van der Waals surface area contributed by atoms with Crippen LogP contribution in [0, 0.1) is 5.92 Å². The maximum absolute atomic E-state index is 10.8. The summed E-state index contributed by atoms with van der Waals surface area (Å²) in [5.74, 6) is -0.189. The number of carbonyl (C=O) groups is 1. The molecule has 0 aliphatic rings. The molecule has 1 N–H and O–H groups in total. The smallest absolute Gasteiger partial charge is 0.309 e. The minimum absolute atomic E-state index is 0.0371. The molecule has 0 aromatic carbocycles. The fraction of sp³-hybridized carbons (Fsp3) is 0.857. The fourth-order valence-corrected chi connectivity index (χ4v) is 0.645. The van der Waals surface area contributed by atoms with E-state index < -0.39 is 0 Å². The minimum Gasteiger partial charge on any atom is -0.469 e. The van der Waals surface area contributed by atoms with Gasteiger partial charge in [-0.3, -0.25) is 4.79 Å². The topological polar surface area (TPSA) is 38.3 Å². The SMILES string of the molecule is CCNCC(C)C(=O)OC. The Morgan fingerprint density at radius 3 is 2.70 bits per heavy atom. The van der Waals surface area contributed by atoms with Crippen molar-refractivity contribution in [1.29, 1.82) is 0 Å². The molecule has 1 atom stereocenters. The molecule has 10 heavy (non-hydrogen) atoms. The summed E-state index contributed by atoms with van der Waals surface area (Å²) < 4.78 is 4.53. The minimum atomic E-state index is -0.152. The summed E-state index contributed by atoms with van der Waals surface area (Å²) in [5.41, 5.74) is 0. The predicted octanol–water partition coefficient (Wildman–Crippen LogP) is 0.405. The van der Waals surface area contributed by atoms with Gasteiger partial charge in [-0.15, -0.1) is 0 Å². The third-order valence-electron chi connectivity index (χ3n) is 1.30. The van der Waals surface area contributed by atoms with Crippen molar-refractivity contribution in [3.8, 4) is 0 Å². The Balaban J connectivity index is 3.41. The number of ether oxygens (including phenoxy) is 1. The molecular formula is C7H15NO2. The molecule has 0 aromatic heterocycles. The molecule has 0 spiro atoms. The zero-order chi connectivity index (χ0) is 7.98. The first-order chi connectivity index (χ1) is 4.72. The van der Waals surface area contributed by atoms with E-state index in [9.17, 15) is 4.79 Å². The molecule has 0 bridgehead atoms. The highest BCUT2D eigenvalue weighted by molar-refractivity contribution is 5.71. The molecule has 0 amide bonds. The molecule has 0 saturated heterocycles. The Morgan fingerprint density at radius 2 is 2.30 bits per heavy atom. The summed E-state index contributed by atoms with van der Waals surface area (Å²) in [6.07, 6.45) is 0. The van der Waals surface area contributed by atoms with Crippen LogP contribution in [0.3, 0.4) is 0 Å². The van der Waals surface area contributed by atoms with E-state index in [4.69, 9.17) is 0 Å². The maximum atomic E-state index is 10.8. The van der Waals surface area contributed by atoms with Crippen molar-refractivity contribution in [2.24, 2.45) is 5.92 Å². The Kier molecular flexibility index (Phi) is 4.94. The molecule has 3 nitrogen and oxygen atoms in total. The van der Waals surface area contributed by atoms with Crippen molar-refractivity contribution >= 4 is 5.97 Å². The average Bonchev–Trinajstić information content (AvgIpc) is 1.98. The van der Waals surface area contributed by atoms with Gasteiger partial charge >= 0.3 is 5.97 Å². The van der Waals surface area contributed by atoms with Crippen LogP contribution in [0.4, 0.5) is 0 Å². The Morgan fingerprint density at radius 1 is 1.70 bits per heavy atom. The first-order valence-electron chi connectivity index (χ1n) is 3.50. The summed E-state index contributed by atoms with van der Waals surface area (Å²) in [6, 6.07) is 0. The van der Waals surface area contributed by atoms with Crippen molar-refractivity contribution in [2.45, 2.75) is 13.8 Å². The zero-order valence-electron chi connectivity index (χ0n) is 6.81. The maximum Gasteiger partial charge on any atom is 0.309 e. The van der Waals surface area contributed by atoms with Gasteiger partial charge in [0.2, 0.25) is 0 Å². The highest BCUT2D eigenvalue weighted by Gasteiger charge is 2.10. The number of carbonyl (C=O) groups excluding carboxylic acids is 1. The molecule has 0 saturated carbocycles. The second-order valence-corrected chi connectivity index (χ2v) is 2.23. The number of methoxy groups -OCH3 is 1. The van der Waals surface area contributed by atoms with Crippen molar-refractivity contribution in [3.05, 3.63) is 0 Å². The monoisotopic (exact) mass is 145 g/mol. The van der Waals surface area contributed by atoms with Gasteiger partial charge in [0.05, 0.1) is 13.0 Å². The van der Waals surface area contributed by atoms with Crippen LogP contribution in [0.1, 0.15) is 13.8 Å². The lowest BCUT2D eigenvalue weighted by atomic mass is 10.2. The van der Waals surface area contributed by atoms with E-state index >= 15 is 0 Å². The fourth-order valence-electron chi connectivity index (χ4n) is 0.645. The van der Waals surface area contributed by atoms with E-state index in [-0.39, 0.29) is 11.9 Å². The second-order valence-electron chi connectivity index (χ2n) is 2.23. The Labute approximate surface area is 61.8 Å². The normalized spacial score (nSPS) is 12.7. The molecule has 0 aliphatic heterocycles. The number of esters is 1. The van der Waals surface area contributed by atoms with Gasteiger partial charge in [0.1, 0.15) is 0 Å². The lowest BCUT2D eigenvalue weighted by Crippen LogP contribution is -2.26. The Bertz CT molecular complexity index is 104. The standard InChI is InChI=1S/C7H15NO2/c1-4-8-5-6(2)7(9)10-3/h6,8H,4-5H2,1-3H3. The van der Waals surface area contributed by atoms with E-state index in [2.05, 4.69) is 10.1 Å². The second kappa shape index (κ2) is 5.23. The third kappa shape index (κ3) is 3.45. The average molecular weight is 145 g/mol. The van der Waals surface area contributed by atoms with Crippen LogP contribution in [-0.4, -0.2) is 26.2 Å². The van der Waals surface area contributed by atoms with Gasteiger partial charge in [-0.05, 0) is 6.54 Å². The number of hydrogen-bond donors (Lipinski definition) is 1. The molecule has 0 radical (unpaired) electrons. The quantitative estimate of drug-likeness (QED) is 0.582. The van der Waals surface area contributed by atoms with Crippen molar-refractivity contribution in [1.82, 2.24) is 5.32 Å². The lowest BCUT2D eigenvalue weighted by molar-refractivity contribution is -0.144. The van der Waals surface area contributed by atoms with E-state index in [0.717, 1.165) is 6.54 Å². The van der Waals surface area contributed by atoms with Gasteiger partial charge in [0.25, 0.3) is 0 Å². The van der Waals surface area contributed by atoms with Crippen molar-refractivity contribution in [3.63, 3.8) is 0 Å². The highest BCUT2D eigenvalue weighted by Crippen LogP contribution is 1.94. The van der Waals surface area contributed by atoms with Crippen molar-refractivity contribution in [2.75, 3.05) is 20.2 Å². The van der Waals surface area contributed by atoms with Gasteiger partial charge in [-0.25, -0.2) is 0 Å². The van der Waals surface area contributed by atoms with Crippen LogP contribution in [0.5, 0.6) is 0 Å². The van der Waals surface area contributed by atoms with Gasteiger partial charge < -0.3 is 10.1 Å². The number of nitrogens with one attached hydrogen (secondary N) is 1. The third-order valence-corrected chi connectivity index (χ3v) is 1.30. The largest absolute Gasteiger partial charge is 0.469 e. The summed E-state index contributed by atoms with van der Waals surface area (Å²) in [7, 11) is 1.41. The predicted molar refractivity (Wildman–Crippen MR) is 39.7 cm³/mol. The lowest BCUT2D eigenvalue weighted by Gasteiger charge is -2.07. The molecular weight excluding hydrogens is 130 g/mol. The molecule has 0 aromatic rings. The van der Waals surface area contributed by atoms with Gasteiger partial charge in [0, 0.05) is 6.54 Å². The van der Waals surface area contributed by atoms with Gasteiger partial charge in [0.15, 0.2) is 0 Å². The molecule has 3 heteroatoms. The first kappa shape index (κ1) is 9.43. The van der Waals surface area contributed by atoms with E-state index in [0.29, 0.717) is 6.54 Å². The van der Waals surface area contributed by atoms with Crippen LogP contribution >= 0.6 is 0 Å². The van der Waals surface area contributed by atoms with Crippen LogP contribution in [-0.2, 0) is 9.53 Å². The summed E-state index contributed by atoms with van der Waals surface area (Å²) in [6.45, 7) is 5.43. The number of rotatable bonds is 4. The van der Waals surface area contributed by atoms with E-state index in [1.807, 2.05) is 13.8 Å². The molecule has 0 aliphatic carbocycles. The zero-order valence-corrected chi connectivity index (χ0v) is 6.81. The van der Waals surface area contributed by atoms with Crippen LogP contribution < -0.4 is 5.32 Å². The summed E-state index contributed by atoms with van der Waals surface area (Å²) in [4.78, 5) is 10.8. The molecule has 1 unspecified atom stereocenters. The number of hydrogen-bond acceptors (Lipinski definition) is 3. The first-order valence-corrected chi connectivity index (χ1v) is 3.50.